The van der Waals surface area contributed by atoms with Crippen LogP contribution >= 0.6 is 0 Å². The zero-order valence-electron chi connectivity index (χ0n) is 26.9. The van der Waals surface area contributed by atoms with Crippen LogP contribution < -0.4 is 75.7 Å². The Bertz CT molecular complexity index is 2590. The van der Waals surface area contributed by atoms with Crippen molar-refractivity contribution in [2.45, 2.75) is 9.79 Å². The molecule has 0 spiro atoms. The predicted octanol–water partition coefficient (Wildman–Crippen LogP) is 1.64. The van der Waals surface area contributed by atoms with E-state index in [0.29, 0.717) is 17.1 Å². The number of fused-ring (bicyclic) bond motifs is 2. The Morgan fingerprint density at radius 1 is 0.588 bits per heavy atom. The van der Waals surface area contributed by atoms with E-state index in [1.807, 2.05) is 24.3 Å². The van der Waals surface area contributed by atoms with Crippen LogP contribution in [0.5, 0.6) is 5.75 Å². The number of rotatable bonds is 8. The molecule has 15 nitrogen and oxygen atoms in total. The van der Waals surface area contributed by atoms with E-state index in [1.165, 1.54) is 24.3 Å². The van der Waals surface area contributed by atoms with Gasteiger partial charge in [0.25, 0.3) is 10.1 Å². The molecule has 0 atom stereocenters. The number of benzene rings is 6. The second kappa shape index (κ2) is 16.0. The molecule has 0 bridgehead atoms. The topological polar surface area (TPSA) is 261 Å². The van der Waals surface area contributed by atoms with Crippen molar-refractivity contribution in [1.82, 2.24) is 0 Å². The van der Waals surface area contributed by atoms with Gasteiger partial charge in [-0.05, 0) is 66.0 Å². The molecular formula is C32H22N8Na2O7S2. The van der Waals surface area contributed by atoms with Crippen molar-refractivity contribution in [3.63, 3.8) is 0 Å². The zero-order valence-corrected chi connectivity index (χ0v) is 32.5. The van der Waals surface area contributed by atoms with Gasteiger partial charge in [-0.15, -0.1) is 15.3 Å². The van der Waals surface area contributed by atoms with Crippen LogP contribution in [0.1, 0.15) is 0 Å². The van der Waals surface area contributed by atoms with Crippen molar-refractivity contribution >= 4 is 87.3 Å². The minimum Gasteiger partial charge on any atom is -0.870 e. The molecule has 0 aliphatic heterocycles. The van der Waals surface area contributed by atoms with Gasteiger partial charge in [-0.3, -0.25) is 4.55 Å². The molecule has 0 saturated carbocycles. The molecule has 6 aromatic carbocycles. The Morgan fingerprint density at radius 3 is 1.69 bits per heavy atom. The Morgan fingerprint density at radius 2 is 1.10 bits per heavy atom. The molecule has 6 aromatic rings. The van der Waals surface area contributed by atoms with Crippen LogP contribution in [0.3, 0.4) is 0 Å². The van der Waals surface area contributed by atoms with E-state index in [4.69, 9.17) is 11.5 Å². The van der Waals surface area contributed by atoms with Crippen LogP contribution in [0.2, 0.25) is 0 Å². The number of hydrogen-bond acceptors (Lipinski definition) is 14. The second-order valence-corrected chi connectivity index (χ2v) is 13.1. The normalized spacial score (nSPS) is 12.1. The largest absolute Gasteiger partial charge is 1.00 e. The maximum absolute atomic E-state index is 13.6. The number of nitrogen functional groups attached to an aromatic ring is 2. The Labute approximate surface area is 335 Å². The maximum Gasteiger partial charge on any atom is 1.00 e. The smallest absolute Gasteiger partial charge is 0.870 e. The summed E-state index contributed by atoms with van der Waals surface area (Å²) in [5.41, 5.74) is 12.3. The molecule has 0 aliphatic carbocycles. The second-order valence-electron chi connectivity index (χ2n) is 10.4. The number of anilines is 2. The molecule has 246 valence electrons. The molecular weight excluding hydrogens is 719 g/mol. The van der Waals surface area contributed by atoms with Crippen molar-refractivity contribution in [3.05, 3.63) is 103 Å². The third kappa shape index (κ3) is 8.67. The minimum absolute atomic E-state index is 0. The molecule has 19 heteroatoms. The van der Waals surface area contributed by atoms with Crippen LogP contribution in [0.15, 0.2) is 144 Å². The van der Waals surface area contributed by atoms with Crippen molar-refractivity contribution in [3.8, 4) is 5.75 Å². The van der Waals surface area contributed by atoms with Gasteiger partial charge in [0.15, 0.2) is 0 Å². The molecule has 0 heterocycles. The average molecular weight is 741 g/mol. The summed E-state index contributed by atoms with van der Waals surface area (Å²) >= 11 is 0. The molecule has 0 unspecified atom stereocenters. The molecule has 5 N–H and O–H groups in total. The first-order chi connectivity index (χ1) is 23.3. The maximum atomic E-state index is 13.6. The van der Waals surface area contributed by atoms with Gasteiger partial charge < -0.3 is 21.1 Å². The van der Waals surface area contributed by atoms with Crippen LogP contribution in [0.4, 0.5) is 45.5 Å². The molecule has 51 heavy (non-hydrogen) atoms. The van der Waals surface area contributed by atoms with Gasteiger partial charge in [0, 0.05) is 21.8 Å². The monoisotopic (exact) mass is 740 g/mol. The summed E-state index contributed by atoms with van der Waals surface area (Å²) in [5, 5.41) is 38.5. The first-order valence-corrected chi connectivity index (χ1v) is 16.9. The van der Waals surface area contributed by atoms with E-state index in [-0.39, 0.29) is 75.9 Å². The molecule has 0 radical (unpaired) electrons. The number of nitrogens with two attached hydrogens (primary N) is 2. The van der Waals surface area contributed by atoms with Crippen molar-refractivity contribution < 1.29 is 90.2 Å². The first-order valence-electron chi connectivity index (χ1n) is 14.0. The minimum atomic E-state index is -5.30. The summed E-state index contributed by atoms with van der Waals surface area (Å²) in [7, 11) is -10.4. The Kier molecular flexibility index (Phi) is 12.5. The Balaban J connectivity index is 0.00000292. The number of nitrogens with zero attached hydrogens (tertiary/aromatic N) is 6. The summed E-state index contributed by atoms with van der Waals surface area (Å²) in [5.74, 6) is -1.13. The Hall–Kier alpha value is -4.14. The van der Waals surface area contributed by atoms with E-state index in [1.54, 1.807) is 42.5 Å². The van der Waals surface area contributed by atoms with Crippen LogP contribution in [-0.2, 0) is 20.2 Å². The van der Waals surface area contributed by atoms with Gasteiger partial charge in [0.2, 0.25) is 0 Å². The zero-order chi connectivity index (χ0) is 34.9. The predicted molar refractivity (Wildman–Crippen MR) is 179 cm³/mol. The quantitative estimate of drug-likeness (QED) is 0.0885. The third-order valence-corrected chi connectivity index (χ3v) is 8.90. The standard InChI is InChI=1S/C32H24N8O7S2.2Na/c33-24-14-15-25(23-9-5-4-8-22(23)24)38-35-20-10-12-21(13-11-20)37-39-30-26(48(42,43)44)16-18-17-27(49(45,46)47)31(32(41)28(18)29(30)34)40-36-19-6-2-1-3-7-19;;/h1-17,41H,33-34H2,(H,42,43,44)(H,45,46,47);;/q;2*+1/p-2. The van der Waals surface area contributed by atoms with Crippen molar-refractivity contribution in [1.29, 1.82) is 0 Å². The van der Waals surface area contributed by atoms with Crippen molar-refractivity contribution in [2.75, 3.05) is 11.5 Å². The van der Waals surface area contributed by atoms with Gasteiger partial charge in [-0.2, -0.15) is 23.8 Å². The van der Waals surface area contributed by atoms with Gasteiger partial charge in [-0.25, -0.2) is 8.42 Å². The fourth-order valence-electron chi connectivity index (χ4n) is 4.88. The molecule has 0 fully saturated rings. The summed E-state index contributed by atoms with van der Waals surface area (Å²) < 4.78 is 71.1. The molecule has 0 aromatic heterocycles. The molecule has 6 rings (SSSR count). The van der Waals surface area contributed by atoms with Crippen LogP contribution in [0.25, 0.3) is 21.5 Å². The summed E-state index contributed by atoms with van der Waals surface area (Å²) in [6.45, 7) is 0. The van der Waals surface area contributed by atoms with Gasteiger partial charge >= 0.3 is 59.1 Å². The summed E-state index contributed by atoms with van der Waals surface area (Å²) in [4.78, 5) is -1.96. The van der Waals surface area contributed by atoms with Gasteiger partial charge in [0.05, 0.1) is 39.0 Å². The summed E-state index contributed by atoms with van der Waals surface area (Å²) in [6.07, 6.45) is 0. The molecule has 0 amide bonds. The van der Waals surface area contributed by atoms with E-state index in [2.05, 4.69) is 30.7 Å². The van der Waals surface area contributed by atoms with Gasteiger partial charge in [0.1, 0.15) is 20.7 Å². The summed E-state index contributed by atoms with van der Waals surface area (Å²) in [6, 6.07) is 26.5. The fourth-order valence-corrected chi connectivity index (χ4v) is 6.19. The third-order valence-electron chi connectivity index (χ3n) is 7.19. The van der Waals surface area contributed by atoms with E-state index in [9.17, 15) is 31.0 Å². The van der Waals surface area contributed by atoms with Crippen molar-refractivity contribution in [2.24, 2.45) is 30.7 Å². The van der Waals surface area contributed by atoms with E-state index >= 15 is 0 Å². The van der Waals surface area contributed by atoms with E-state index in [0.717, 1.165) is 22.9 Å². The van der Waals surface area contributed by atoms with Gasteiger partial charge in [-0.1, -0.05) is 48.2 Å². The molecule has 0 aliphatic rings. The first kappa shape index (κ1) is 39.6. The van der Waals surface area contributed by atoms with Crippen LogP contribution in [0, 0.1) is 0 Å². The molecule has 0 saturated heterocycles. The SMILES string of the molecule is Nc1ccc(N=Nc2ccc(N=Nc3c(S(=O)(=O)[O-])cc4cc(S(=O)(=O)O)c(N=Nc5ccccc5)c([O-])c4c3N)cc2)c2ccccc12.[Na+].[Na+]. The number of azo groups is 3. The van der Waals surface area contributed by atoms with Crippen LogP contribution in [-0.4, -0.2) is 25.9 Å². The average Bonchev–Trinajstić information content (AvgIpc) is 3.07. The number of hydrogen-bond donors (Lipinski definition) is 3. The van der Waals surface area contributed by atoms with E-state index < -0.39 is 58.2 Å². The fraction of sp³-hybridized carbons (Fsp3) is 0.